The van der Waals surface area contributed by atoms with Gasteiger partial charge in [-0.15, -0.1) is 0 Å². The lowest BCUT2D eigenvalue weighted by atomic mass is 10.1. The van der Waals surface area contributed by atoms with E-state index in [9.17, 15) is 0 Å². The van der Waals surface area contributed by atoms with Gasteiger partial charge in [-0.05, 0) is 18.6 Å². The average Bonchev–Trinajstić information content (AvgIpc) is 2.39. The second-order valence-corrected chi connectivity index (χ2v) is 4.21. The molecule has 0 saturated heterocycles. The van der Waals surface area contributed by atoms with E-state index in [1.54, 1.807) is 14.2 Å². The second-order valence-electron chi connectivity index (χ2n) is 4.21. The number of methoxy groups -OCH3 is 2. The number of pyridine rings is 1. The van der Waals surface area contributed by atoms with Gasteiger partial charge < -0.3 is 20.1 Å². The smallest absolute Gasteiger partial charge is 0.128 e. The molecule has 0 saturated carbocycles. The molecule has 1 aromatic rings. The van der Waals surface area contributed by atoms with Gasteiger partial charge in [0.2, 0.25) is 0 Å². The molecule has 0 radical (unpaired) electrons. The standard InChI is InChI=1S/C13H23N3O2/c1-11(14)12-4-5-13(15-10-12)16(6-8-17-2)7-9-18-3/h4-5,10-11H,6-9,14H2,1-3H3. The Balaban J connectivity index is 2.70. The third-order valence-electron chi connectivity index (χ3n) is 2.75. The van der Waals surface area contributed by atoms with Crippen LogP contribution in [0.3, 0.4) is 0 Å². The number of rotatable bonds is 8. The summed E-state index contributed by atoms with van der Waals surface area (Å²) in [4.78, 5) is 6.58. The molecular formula is C13H23N3O2. The molecule has 1 aromatic heterocycles. The van der Waals surface area contributed by atoms with Crippen LogP contribution in [-0.4, -0.2) is 45.5 Å². The topological polar surface area (TPSA) is 60.6 Å². The molecule has 0 aliphatic carbocycles. The lowest BCUT2D eigenvalue weighted by molar-refractivity contribution is 0.190. The van der Waals surface area contributed by atoms with Crippen LogP contribution in [0.1, 0.15) is 18.5 Å². The van der Waals surface area contributed by atoms with Crippen LogP contribution in [-0.2, 0) is 9.47 Å². The molecule has 1 atom stereocenters. The zero-order chi connectivity index (χ0) is 13.4. The van der Waals surface area contributed by atoms with Crippen LogP contribution in [0.4, 0.5) is 5.82 Å². The van der Waals surface area contributed by atoms with Crippen molar-refractivity contribution in [2.24, 2.45) is 5.73 Å². The Morgan fingerprint density at radius 3 is 2.22 bits per heavy atom. The van der Waals surface area contributed by atoms with Crippen molar-refractivity contribution in [1.82, 2.24) is 4.98 Å². The molecule has 0 bridgehead atoms. The third kappa shape index (κ3) is 4.60. The fraction of sp³-hybridized carbons (Fsp3) is 0.615. The summed E-state index contributed by atoms with van der Waals surface area (Å²) in [6.45, 7) is 4.87. The minimum Gasteiger partial charge on any atom is -0.383 e. The van der Waals surface area contributed by atoms with Crippen LogP contribution in [0.2, 0.25) is 0 Å². The molecular weight excluding hydrogens is 230 g/mol. The molecule has 0 aromatic carbocycles. The van der Waals surface area contributed by atoms with Gasteiger partial charge in [-0.2, -0.15) is 0 Å². The van der Waals surface area contributed by atoms with Crippen molar-refractivity contribution in [3.63, 3.8) is 0 Å². The first-order valence-corrected chi connectivity index (χ1v) is 6.13. The highest BCUT2D eigenvalue weighted by molar-refractivity contribution is 5.39. The fourth-order valence-electron chi connectivity index (χ4n) is 1.60. The van der Waals surface area contributed by atoms with Crippen LogP contribution < -0.4 is 10.6 Å². The molecule has 0 spiro atoms. The Morgan fingerprint density at radius 2 is 1.83 bits per heavy atom. The van der Waals surface area contributed by atoms with Crippen LogP contribution in [0.25, 0.3) is 0 Å². The lowest BCUT2D eigenvalue weighted by Crippen LogP contribution is -2.31. The van der Waals surface area contributed by atoms with Gasteiger partial charge in [0.05, 0.1) is 13.2 Å². The molecule has 0 amide bonds. The summed E-state index contributed by atoms with van der Waals surface area (Å²) in [7, 11) is 3.39. The summed E-state index contributed by atoms with van der Waals surface area (Å²) >= 11 is 0. The molecule has 1 unspecified atom stereocenters. The van der Waals surface area contributed by atoms with E-state index in [0.29, 0.717) is 13.2 Å². The predicted molar refractivity (Wildman–Crippen MR) is 72.8 cm³/mol. The van der Waals surface area contributed by atoms with Gasteiger partial charge in [0.25, 0.3) is 0 Å². The normalized spacial score (nSPS) is 12.4. The van der Waals surface area contributed by atoms with Gasteiger partial charge in [-0.3, -0.25) is 0 Å². The summed E-state index contributed by atoms with van der Waals surface area (Å²) in [5, 5.41) is 0. The highest BCUT2D eigenvalue weighted by Gasteiger charge is 2.08. The van der Waals surface area contributed by atoms with Crippen LogP contribution in [0.5, 0.6) is 0 Å². The summed E-state index contributed by atoms with van der Waals surface area (Å²) in [5.41, 5.74) is 6.85. The van der Waals surface area contributed by atoms with E-state index in [1.807, 2.05) is 25.3 Å². The first kappa shape index (κ1) is 14.9. The largest absolute Gasteiger partial charge is 0.383 e. The van der Waals surface area contributed by atoms with Gasteiger partial charge in [0.15, 0.2) is 0 Å². The van der Waals surface area contributed by atoms with Crippen molar-refractivity contribution >= 4 is 5.82 Å². The minimum atomic E-state index is 0.0120. The van der Waals surface area contributed by atoms with E-state index in [4.69, 9.17) is 15.2 Å². The fourth-order valence-corrected chi connectivity index (χ4v) is 1.60. The second kappa shape index (κ2) is 8.02. The summed E-state index contributed by atoms with van der Waals surface area (Å²) < 4.78 is 10.2. The number of hydrogen-bond donors (Lipinski definition) is 1. The number of ether oxygens (including phenoxy) is 2. The van der Waals surface area contributed by atoms with Crippen molar-refractivity contribution in [2.45, 2.75) is 13.0 Å². The quantitative estimate of drug-likeness (QED) is 0.754. The van der Waals surface area contributed by atoms with Crippen molar-refractivity contribution in [3.05, 3.63) is 23.9 Å². The van der Waals surface area contributed by atoms with E-state index in [1.165, 1.54) is 0 Å². The van der Waals surface area contributed by atoms with Crippen LogP contribution >= 0.6 is 0 Å². The summed E-state index contributed by atoms with van der Waals surface area (Å²) in [6.07, 6.45) is 1.83. The van der Waals surface area contributed by atoms with Crippen LogP contribution in [0, 0.1) is 0 Å². The van der Waals surface area contributed by atoms with Crippen molar-refractivity contribution < 1.29 is 9.47 Å². The molecule has 5 heteroatoms. The molecule has 0 aliphatic rings. The highest BCUT2D eigenvalue weighted by Crippen LogP contribution is 2.14. The molecule has 5 nitrogen and oxygen atoms in total. The molecule has 102 valence electrons. The van der Waals surface area contributed by atoms with E-state index >= 15 is 0 Å². The summed E-state index contributed by atoms with van der Waals surface area (Å²) in [6, 6.07) is 4.02. The van der Waals surface area contributed by atoms with E-state index < -0.39 is 0 Å². The minimum absolute atomic E-state index is 0.0120. The SMILES string of the molecule is COCCN(CCOC)c1ccc(C(C)N)cn1. The highest BCUT2D eigenvalue weighted by atomic mass is 16.5. The van der Waals surface area contributed by atoms with Crippen LogP contribution in [0.15, 0.2) is 18.3 Å². The van der Waals surface area contributed by atoms with Gasteiger partial charge in [0, 0.05) is 39.5 Å². The molecule has 18 heavy (non-hydrogen) atoms. The van der Waals surface area contributed by atoms with Crippen molar-refractivity contribution in [3.8, 4) is 0 Å². The zero-order valence-corrected chi connectivity index (χ0v) is 11.4. The maximum atomic E-state index is 5.81. The predicted octanol–water partition coefficient (Wildman–Crippen LogP) is 1.20. The average molecular weight is 253 g/mol. The van der Waals surface area contributed by atoms with Gasteiger partial charge in [0.1, 0.15) is 5.82 Å². The maximum Gasteiger partial charge on any atom is 0.128 e. The van der Waals surface area contributed by atoms with E-state index in [2.05, 4.69) is 9.88 Å². The summed E-state index contributed by atoms with van der Waals surface area (Å²) in [5.74, 6) is 0.925. The van der Waals surface area contributed by atoms with E-state index in [0.717, 1.165) is 24.5 Å². The monoisotopic (exact) mass is 253 g/mol. The molecule has 1 rings (SSSR count). The molecule has 0 fully saturated rings. The Hall–Kier alpha value is -1.17. The molecule has 0 aliphatic heterocycles. The Labute approximate surface area is 109 Å². The zero-order valence-electron chi connectivity index (χ0n) is 11.4. The lowest BCUT2D eigenvalue weighted by Gasteiger charge is -2.23. The Bertz CT molecular complexity index is 320. The van der Waals surface area contributed by atoms with E-state index in [-0.39, 0.29) is 6.04 Å². The number of nitrogens with zero attached hydrogens (tertiary/aromatic N) is 2. The molecule has 2 N–H and O–H groups in total. The Morgan fingerprint density at radius 1 is 1.22 bits per heavy atom. The molecule has 1 heterocycles. The van der Waals surface area contributed by atoms with Gasteiger partial charge in [-0.1, -0.05) is 6.07 Å². The maximum absolute atomic E-state index is 5.81. The van der Waals surface area contributed by atoms with Crippen molar-refractivity contribution in [1.29, 1.82) is 0 Å². The number of anilines is 1. The first-order chi connectivity index (χ1) is 8.69. The van der Waals surface area contributed by atoms with Gasteiger partial charge >= 0.3 is 0 Å². The Kier molecular flexibility index (Phi) is 6.64. The number of nitrogens with two attached hydrogens (primary N) is 1. The number of hydrogen-bond acceptors (Lipinski definition) is 5. The van der Waals surface area contributed by atoms with Crippen molar-refractivity contribution in [2.75, 3.05) is 45.4 Å². The van der Waals surface area contributed by atoms with Gasteiger partial charge in [-0.25, -0.2) is 4.98 Å². The first-order valence-electron chi connectivity index (χ1n) is 6.13. The number of aromatic nitrogens is 1. The third-order valence-corrected chi connectivity index (χ3v) is 2.75.